The first-order valence-electron chi connectivity index (χ1n) is 5.35. The van der Waals surface area contributed by atoms with E-state index in [9.17, 15) is 5.11 Å². The van der Waals surface area contributed by atoms with Crippen LogP contribution in [0.4, 0.5) is 0 Å². The van der Waals surface area contributed by atoms with E-state index in [1.165, 1.54) is 6.42 Å². The molecule has 0 aliphatic heterocycles. The molecular weight excluding hydrogens is 226 g/mol. The zero-order valence-corrected chi connectivity index (χ0v) is 10.2. The van der Waals surface area contributed by atoms with Crippen LogP contribution < -0.4 is 10.5 Å². The number of phenols is 1. The van der Waals surface area contributed by atoms with Gasteiger partial charge in [-0.3, -0.25) is 0 Å². The van der Waals surface area contributed by atoms with Crippen LogP contribution in [0.25, 0.3) is 0 Å². The molecule has 1 aliphatic carbocycles. The van der Waals surface area contributed by atoms with Crippen molar-refractivity contribution in [3.8, 4) is 11.5 Å². The lowest BCUT2D eigenvalue weighted by molar-refractivity contribution is 0.260. The van der Waals surface area contributed by atoms with Gasteiger partial charge in [-0.2, -0.15) is 0 Å². The highest BCUT2D eigenvalue weighted by Crippen LogP contribution is 2.39. The fraction of sp³-hybridized carbons (Fsp3) is 0.500. The average molecular weight is 244 g/mol. The van der Waals surface area contributed by atoms with Gasteiger partial charge in [-0.25, -0.2) is 0 Å². The molecule has 4 heteroatoms. The van der Waals surface area contributed by atoms with Crippen molar-refractivity contribution in [2.45, 2.75) is 25.3 Å². The maximum absolute atomic E-state index is 9.73. The molecule has 0 bridgehead atoms. The van der Waals surface area contributed by atoms with Gasteiger partial charge in [0.05, 0.1) is 7.11 Å². The van der Waals surface area contributed by atoms with Crippen LogP contribution in [-0.4, -0.2) is 12.2 Å². The highest BCUT2D eigenvalue weighted by atomic mass is 35.5. The molecule has 3 nitrogen and oxygen atoms in total. The van der Waals surface area contributed by atoms with Gasteiger partial charge in [0.15, 0.2) is 0 Å². The largest absolute Gasteiger partial charge is 0.508 e. The number of aromatic hydroxyl groups is 1. The topological polar surface area (TPSA) is 55.5 Å². The molecule has 0 spiro atoms. The molecule has 3 N–H and O–H groups in total. The van der Waals surface area contributed by atoms with Gasteiger partial charge in [-0.05, 0) is 37.0 Å². The van der Waals surface area contributed by atoms with E-state index in [0.717, 1.165) is 24.2 Å². The monoisotopic (exact) mass is 243 g/mol. The molecule has 0 amide bonds. The van der Waals surface area contributed by atoms with Crippen molar-refractivity contribution < 1.29 is 9.84 Å². The zero-order valence-electron chi connectivity index (χ0n) is 9.35. The molecule has 90 valence electrons. The number of nitrogens with two attached hydrogens (primary N) is 1. The second-order valence-electron chi connectivity index (χ2n) is 4.14. The SMILES string of the molecule is COc1ccc(O)c([C@H](N)C2CCC2)c1.Cl. The Kier molecular flexibility index (Phi) is 4.44. The first-order valence-corrected chi connectivity index (χ1v) is 5.35. The number of halogens is 1. The Morgan fingerprint density at radius 3 is 2.62 bits per heavy atom. The fourth-order valence-corrected chi connectivity index (χ4v) is 1.98. The predicted octanol–water partition coefficient (Wildman–Crippen LogP) is 2.62. The summed E-state index contributed by atoms with van der Waals surface area (Å²) < 4.78 is 5.12. The summed E-state index contributed by atoms with van der Waals surface area (Å²) in [6.45, 7) is 0. The van der Waals surface area contributed by atoms with Gasteiger partial charge < -0.3 is 15.6 Å². The van der Waals surface area contributed by atoms with Crippen LogP contribution >= 0.6 is 12.4 Å². The number of ether oxygens (including phenoxy) is 1. The number of hydrogen-bond donors (Lipinski definition) is 2. The van der Waals surface area contributed by atoms with Crippen LogP contribution in [0, 0.1) is 5.92 Å². The van der Waals surface area contributed by atoms with Gasteiger partial charge in [-0.1, -0.05) is 6.42 Å². The Morgan fingerprint density at radius 2 is 2.12 bits per heavy atom. The molecule has 0 unspecified atom stereocenters. The maximum atomic E-state index is 9.73. The molecule has 0 radical (unpaired) electrons. The first kappa shape index (κ1) is 13.1. The second kappa shape index (κ2) is 5.41. The highest BCUT2D eigenvalue weighted by Gasteiger charge is 2.27. The molecular formula is C12H18ClNO2. The lowest BCUT2D eigenvalue weighted by Gasteiger charge is -2.31. The minimum atomic E-state index is -0.0613. The van der Waals surface area contributed by atoms with Crippen molar-refractivity contribution in [1.29, 1.82) is 0 Å². The molecule has 1 saturated carbocycles. The number of hydrogen-bond acceptors (Lipinski definition) is 3. The van der Waals surface area contributed by atoms with Gasteiger partial charge in [0.2, 0.25) is 0 Å². The van der Waals surface area contributed by atoms with E-state index in [1.54, 1.807) is 19.2 Å². The molecule has 1 aromatic carbocycles. The van der Waals surface area contributed by atoms with Crippen molar-refractivity contribution in [1.82, 2.24) is 0 Å². The summed E-state index contributed by atoms with van der Waals surface area (Å²) in [5, 5.41) is 9.73. The third-order valence-electron chi connectivity index (χ3n) is 3.25. The minimum Gasteiger partial charge on any atom is -0.508 e. The Hall–Kier alpha value is -0.930. The van der Waals surface area contributed by atoms with E-state index >= 15 is 0 Å². The summed E-state index contributed by atoms with van der Waals surface area (Å²) in [5.41, 5.74) is 6.91. The Morgan fingerprint density at radius 1 is 1.44 bits per heavy atom. The molecule has 1 aromatic rings. The van der Waals surface area contributed by atoms with Gasteiger partial charge in [0, 0.05) is 11.6 Å². The van der Waals surface area contributed by atoms with E-state index in [2.05, 4.69) is 0 Å². The summed E-state index contributed by atoms with van der Waals surface area (Å²) in [4.78, 5) is 0. The molecule has 0 heterocycles. The van der Waals surface area contributed by atoms with Crippen LogP contribution in [-0.2, 0) is 0 Å². The number of benzene rings is 1. The highest BCUT2D eigenvalue weighted by molar-refractivity contribution is 5.85. The van der Waals surface area contributed by atoms with E-state index in [-0.39, 0.29) is 24.2 Å². The van der Waals surface area contributed by atoms with Crippen molar-refractivity contribution in [2.24, 2.45) is 11.7 Å². The van der Waals surface area contributed by atoms with Gasteiger partial charge in [0.25, 0.3) is 0 Å². The zero-order chi connectivity index (χ0) is 10.8. The van der Waals surface area contributed by atoms with Crippen molar-refractivity contribution in [2.75, 3.05) is 7.11 Å². The standard InChI is InChI=1S/C12H17NO2.ClH/c1-15-9-5-6-11(14)10(7-9)12(13)8-3-2-4-8;/h5-8,12,14H,2-4,13H2,1H3;1H/t12-;/m1./s1. The molecule has 0 aromatic heterocycles. The van der Waals surface area contributed by atoms with Crippen LogP contribution in [0.1, 0.15) is 30.9 Å². The average Bonchev–Trinajstić information content (AvgIpc) is 2.15. The van der Waals surface area contributed by atoms with E-state index in [4.69, 9.17) is 10.5 Å². The third kappa shape index (κ3) is 2.42. The van der Waals surface area contributed by atoms with E-state index in [1.807, 2.05) is 6.07 Å². The minimum absolute atomic E-state index is 0. The summed E-state index contributed by atoms with van der Waals surface area (Å²) in [6, 6.07) is 5.16. The lowest BCUT2D eigenvalue weighted by atomic mass is 9.77. The lowest BCUT2D eigenvalue weighted by Crippen LogP contribution is -2.26. The smallest absolute Gasteiger partial charge is 0.120 e. The van der Waals surface area contributed by atoms with Crippen LogP contribution in [0.2, 0.25) is 0 Å². The Balaban J connectivity index is 0.00000128. The molecule has 1 fully saturated rings. The summed E-state index contributed by atoms with van der Waals surface area (Å²) in [6.07, 6.45) is 3.58. The van der Waals surface area contributed by atoms with Gasteiger partial charge >= 0.3 is 0 Å². The van der Waals surface area contributed by atoms with Gasteiger partial charge in [-0.15, -0.1) is 12.4 Å². The normalized spacial score (nSPS) is 17.1. The fourth-order valence-electron chi connectivity index (χ4n) is 1.98. The molecule has 1 aliphatic rings. The van der Waals surface area contributed by atoms with Crippen molar-refractivity contribution >= 4 is 12.4 Å². The number of methoxy groups -OCH3 is 1. The summed E-state index contributed by atoms with van der Waals surface area (Å²) in [5.74, 6) is 1.54. The molecule has 16 heavy (non-hydrogen) atoms. The third-order valence-corrected chi connectivity index (χ3v) is 3.25. The van der Waals surface area contributed by atoms with Crippen LogP contribution in [0.15, 0.2) is 18.2 Å². The maximum Gasteiger partial charge on any atom is 0.120 e. The van der Waals surface area contributed by atoms with E-state index in [0.29, 0.717) is 5.92 Å². The van der Waals surface area contributed by atoms with Crippen LogP contribution in [0.5, 0.6) is 11.5 Å². The second-order valence-corrected chi connectivity index (χ2v) is 4.14. The van der Waals surface area contributed by atoms with Crippen molar-refractivity contribution in [3.05, 3.63) is 23.8 Å². The number of phenolic OH excluding ortho intramolecular Hbond substituents is 1. The summed E-state index contributed by atoms with van der Waals surface area (Å²) >= 11 is 0. The molecule has 1 atom stereocenters. The number of rotatable bonds is 3. The van der Waals surface area contributed by atoms with E-state index < -0.39 is 0 Å². The van der Waals surface area contributed by atoms with Crippen LogP contribution in [0.3, 0.4) is 0 Å². The first-order chi connectivity index (χ1) is 7.22. The predicted molar refractivity (Wildman–Crippen MR) is 66.2 cm³/mol. The molecule has 0 saturated heterocycles. The molecule has 2 rings (SSSR count). The summed E-state index contributed by atoms with van der Waals surface area (Å²) in [7, 11) is 1.62. The quantitative estimate of drug-likeness (QED) is 0.858. The Labute approximate surface area is 102 Å². The van der Waals surface area contributed by atoms with Gasteiger partial charge in [0.1, 0.15) is 11.5 Å². The van der Waals surface area contributed by atoms with Crippen molar-refractivity contribution in [3.63, 3.8) is 0 Å². The Bertz CT molecular complexity index is 353.